The number of ether oxygens (including phenoxy) is 1. The number of nitrogens with zero attached hydrogens (tertiary/aromatic N) is 2. The van der Waals surface area contributed by atoms with Crippen LogP contribution in [-0.4, -0.2) is 34.8 Å². The van der Waals surface area contributed by atoms with Crippen molar-refractivity contribution in [2.75, 3.05) is 6.61 Å². The number of hydrogen-bond donors (Lipinski definition) is 3. The standard InChI is InChI=1S/C26H29N5O3/c1-3-26(4-2)14-23(32)31(25(28)30-26)16-18-11-17(15-27)12-19(13-18)24(33)29-21-9-10-34-22-8-6-5-7-20(21)22/h5-8,11-13,21H,3-4,9-10,14,16H2,1-2H3,(H2,28,30)(H,29,33). The molecule has 2 aromatic rings. The minimum atomic E-state index is -0.399. The van der Waals surface area contributed by atoms with E-state index in [-0.39, 0.29) is 30.4 Å². The highest BCUT2D eigenvalue weighted by molar-refractivity contribution is 5.99. The fourth-order valence-electron chi connectivity index (χ4n) is 4.61. The van der Waals surface area contributed by atoms with Crippen LogP contribution in [0.25, 0.3) is 0 Å². The largest absolute Gasteiger partial charge is 0.493 e. The van der Waals surface area contributed by atoms with Gasteiger partial charge in [-0.25, -0.2) is 0 Å². The first-order valence-corrected chi connectivity index (χ1v) is 11.6. The number of para-hydroxylation sites is 1. The van der Waals surface area contributed by atoms with Gasteiger partial charge in [0.05, 0.1) is 37.2 Å². The van der Waals surface area contributed by atoms with Crippen LogP contribution in [0.5, 0.6) is 5.75 Å². The minimum absolute atomic E-state index is 0.0483. The number of nitrogens with one attached hydrogen (secondary N) is 3. The molecule has 34 heavy (non-hydrogen) atoms. The molecule has 2 amide bonds. The zero-order valence-corrected chi connectivity index (χ0v) is 19.5. The molecule has 8 heteroatoms. The Kier molecular flexibility index (Phi) is 6.55. The molecule has 2 aliphatic rings. The first-order chi connectivity index (χ1) is 16.4. The summed E-state index contributed by atoms with van der Waals surface area (Å²) in [5.41, 5.74) is 1.82. The summed E-state index contributed by atoms with van der Waals surface area (Å²) in [6.45, 7) is 4.63. The molecular formula is C26H29N5O3. The van der Waals surface area contributed by atoms with Gasteiger partial charge >= 0.3 is 0 Å². The Morgan fingerprint density at radius 1 is 1.29 bits per heavy atom. The molecule has 176 valence electrons. The molecule has 3 N–H and O–H groups in total. The average molecular weight is 460 g/mol. The van der Waals surface area contributed by atoms with E-state index in [9.17, 15) is 14.9 Å². The third-order valence-corrected chi connectivity index (χ3v) is 6.79. The highest BCUT2D eigenvalue weighted by atomic mass is 16.5. The van der Waals surface area contributed by atoms with Gasteiger partial charge in [0.1, 0.15) is 5.75 Å². The van der Waals surface area contributed by atoms with Crippen LogP contribution in [0.4, 0.5) is 0 Å². The second-order valence-electron chi connectivity index (χ2n) is 8.85. The van der Waals surface area contributed by atoms with E-state index >= 15 is 0 Å². The summed E-state index contributed by atoms with van der Waals surface area (Å²) in [7, 11) is 0. The van der Waals surface area contributed by atoms with E-state index in [4.69, 9.17) is 10.1 Å². The van der Waals surface area contributed by atoms with Gasteiger partial charge in [-0.05, 0) is 42.7 Å². The number of nitriles is 1. The molecule has 1 fully saturated rings. The van der Waals surface area contributed by atoms with E-state index in [1.165, 1.54) is 4.90 Å². The van der Waals surface area contributed by atoms with E-state index in [0.717, 1.165) is 24.2 Å². The van der Waals surface area contributed by atoms with Crippen LogP contribution in [-0.2, 0) is 11.3 Å². The maximum absolute atomic E-state index is 13.1. The number of fused-ring (bicyclic) bond motifs is 1. The summed E-state index contributed by atoms with van der Waals surface area (Å²) in [6.07, 6.45) is 2.44. The second kappa shape index (κ2) is 9.56. The van der Waals surface area contributed by atoms with Crippen LogP contribution in [0.3, 0.4) is 0 Å². The Bertz CT molecular complexity index is 1150. The molecule has 0 bridgehead atoms. The maximum atomic E-state index is 13.1. The summed E-state index contributed by atoms with van der Waals surface area (Å²) >= 11 is 0. The van der Waals surface area contributed by atoms with Crippen LogP contribution in [0.15, 0.2) is 42.5 Å². The molecule has 1 unspecified atom stereocenters. The highest BCUT2D eigenvalue weighted by Crippen LogP contribution is 2.32. The minimum Gasteiger partial charge on any atom is -0.493 e. The van der Waals surface area contributed by atoms with Gasteiger partial charge in [-0.3, -0.25) is 19.9 Å². The number of amides is 2. The van der Waals surface area contributed by atoms with Crippen molar-refractivity contribution in [3.63, 3.8) is 0 Å². The molecule has 0 aromatic heterocycles. The quantitative estimate of drug-likeness (QED) is 0.610. The first-order valence-electron chi connectivity index (χ1n) is 11.6. The van der Waals surface area contributed by atoms with Gasteiger partial charge in [-0.1, -0.05) is 32.0 Å². The smallest absolute Gasteiger partial charge is 0.251 e. The third-order valence-electron chi connectivity index (χ3n) is 6.79. The Hall–Kier alpha value is -3.86. The number of carbonyl (C=O) groups is 2. The van der Waals surface area contributed by atoms with Crippen molar-refractivity contribution in [2.45, 2.75) is 57.7 Å². The molecule has 0 radical (unpaired) electrons. The van der Waals surface area contributed by atoms with Gasteiger partial charge in [0.2, 0.25) is 5.91 Å². The summed E-state index contributed by atoms with van der Waals surface area (Å²) in [5, 5.41) is 24.2. The fourth-order valence-corrected chi connectivity index (χ4v) is 4.61. The molecule has 8 nitrogen and oxygen atoms in total. The number of carbonyl (C=O) groups excluding carboxylic acids is 2. The second-order valence-corrected chi connectivity index (χ2v) is 8.85. The van der Waals surface area contributed by atoms with Gasteiger partial charge in [-0.15, -0.1) is 0 Å². The normalized spacial score (nSPS) is 18.9. The topological polar surface area (TPSA) is 118 Å². The molecule has 4 rings (SSSR count). The van der Waals surface area contributed by atoms with E-state index in [0.29, 0.717) is 36.1 Å². The number of benzene rings is 2. The lowest BCUT2D eigenvalue weighted by molar-refractivity contribution is -0.131. The average Bonchev–Trinajstić information content (AvgIpc) is 2.86. The molecule has 0 saturated carbocycles. The Labute approximate surface area is 199 Å². The monoisotopic (exact) mass is 459 g/mol. The predicted octanol–water partition coefficient (Wildman–Crippen LogP) is 3.63. The molecule has 1 saturated heterocycles. The van der Waals surface area contributed by atoms with Gasteiger partial charge in [0, 0.05) is 23.1 Å². The summed E-state index contributed by atoms with van der Waals surface area (Å²) in [6, 6.07) is 14.4. The van der Waals surface area contributed by atoms with E-state index in [2.05, 4.69) is 16.7 Å². The van der Waals surface area contributed by atoms with Crippen LogP contribution in [0, 0.1) is 16.7 Å². The van der Waals surface area contributed by atoms with Crippen LogP contribution in [0.2, 0.25) is 0 Å². The zero-order valence-electron chi connectivity index (χ0n) is 19.5. The van der Waals surface area contributed by atoms with Crippen LogP contribution < -0.4 is 15.4 Å². The number of guanidine groups is 1. The van der Waals surface area contributed by atoms with Gasteiger partial charge in [0.15, 0.2) is 5.96 Å². The zero-order chi connectivity index (χ0) is 24.3. The van der Waals surface area contributed by atoms with Crippen molar-refractivity contribution in [3.8, 4) is 11.8 Å². The third kappa shape index (κ3) is 4.60. The van der Waals surface area contributed by atoms with Crippen molar-refractivity contribution < 1.29 is 14.3 Å². The van der Waals surface area contributed by atoms with E-state index in [1.54, 1.807) is 18.2 Å². The van der Waals surface area contributed by atoms with Crippen molar-refractivity contribution in [1.82, 2.24) is 15.5 Å². The number of rotatable bonds is 6. The van der Waals surface area contributed by atoms with Crippen LogP contribution >= 0.6 is 0 Å². The lowest BCUT2D eigenvalue weighted by atomic mass is 9.87. The van der Waals surface area contributed by atoms with Crippen molar-refractivity contribution >= 4 is 17.8 Å². The summed E-state index contributed by atoms with van der Waals surface area (Å²) in [4.78, 5) is 27.4. The molecule has 2 aromatic carbocycles. The summed E-state index contributed by atoms with van der Waals surface area (Å²) in [5.74, 6) is 0.372. The van der Waals surface area contributed by atoms with Crippen LogP contribution in [0.1, 0.15) is 72.6 Å². The molecule has 0 spiro atoms. The fraction of sp³-hybridized carbons (Fsp3) is 0.385. The first kappa shape index (κ1) is 23.3. The van der Waals surface area contributed by atoms with E-state index in [1.807, 2.05) is 38.1 Å². The lowest BCUT2D eigenvalue weighted by Crippen LogP contribution is -2.61. The predicted molar refractivity (Wildman–Crippen MR) is 127 cm³/mol. The highest BCUT2D eigenvalue weighted by Gasteiger charge is 2.39. The summed E-state index contributed by atoms with van der Waals surface area (Å²) < 4.78 is 5.67. The molecule has 2 aliphatic heterocycles. The van der Waals surface area contributed by atoms with Gasteiger partial charge in [-0.2, -0.15) is 5.26 Å². The Morgan fingerprint density at radius 2 is 2.06 bits per heavy atom. The number of hydrogen-bond acceptors (Lipinski definition) is 5. The van der Waals surface area contributed by atoms with Crippen molar-refractivity contribution in [1.29, 1.82) is 10.7 Å². The molecule has 1 atom stereocenters. The lowest BCUT2D eigenvalue weighted by Gasteiger charge is -2.42. The Morgan fingerprint density at radius 3 is 2.76 bits per heavy atom. The molecule has 0 aliphatic carbocycles. The van der Waals surface area contributed by atoms with Gasteiger partial charge in [0.25, 0.3) is 5.91 Å². The Balaban J connectivity index is 1.54. The van der Waals surface area contributed by atoms with Crippen molar-refractivity contribution in [3.05, 3.63) is 64.7 Å². The van der Waals surface area contributed by atoms with Gasteiger partial charge < -0.3 is 15.4 Å². The van der Waals surface area contributed by atoms with E-state index < -0.39 is 5.54 Å². The van der Waals surface area contributed by atoms with Crippen molar-refractivity contribution in [2.24, 2.45) is 0 Å². The maximum Gasteiger partial charge on any atom is 0.251 e. The SMILES string of the molecule is CCC1(CC)CC(=O)N(Cc2cc(C#N)cc(C(=O)NC3CCOc4ccccc43)c2)C(=N)N1. The molecule has 2 heterocycles. The molecular weight excluding hydrogens is 430 g/mol.